The monoisotopic (exact) mass is 360 g/mol. The first-order chi connectivity index (χ1) is 11.7. The van der Waals surface area contributed by atoms with Crippen LogP contribution in [0, 0.1) is 0 Å². The lowest BCUT2D eigenvalue weighted by Crippen LogP contribution is -2.45. The first-order valence-electron chi connectivity index (χ1n) is 8.71. The van der Waals surface area contributed by atoms with Gasteiger partial charge in [0.15, 0.2) is 0 Å². The van der Waals surface area contributed by atoms with E-state index in [1.54, 1.807) is 0 Å². The van der Waals surface area contributed by atoms with Crippen LogP contribution in [0.4, 0.5) is 5.69 Å². The van der Waals surface area contributed by atoms with Crippen LogP contribution >= 0.6 is 23.2 Å². The molecule has 0 bridgehead atoms. The summed E-state index contributed by atoms with van der Waals surface area (Å²) in [6, 6.07) is 14.8. The Balaban J connectivity index is 1.38. The number of anilines is 1. The van der Waals surface area contributed by atoms with E-state index in [4.69, 9.17) is 23.2 Å². The molecule has 0 atom stereocenters. The molecule has 2 heterocycles. The summed E-state index contributed by atoms with van der Waals surface area (Å²) >= 11 is 12.6. The molecule has 0 amide bonds. The molecule has 24 heavy (non-hydrogen) atoms. The zero-order valence-corrected chi connectivity index (χ0v) is 15.2. The Bertz CT molecular complexity index is 682. The van der Waals surface area contributed by atoms with Crippen LogP contribution in [-0.4, -0.2) is 31.1 Å². The predicted molar refractivity (Wildman–Crippen MR) is 102 cm³/mol. The van der Waals surface area contributed by atoms with Crippen molar-refractivity contribution in [1.82, 2.24) is 4.90 Å². The molecular weight excluding hydrogens is 339 g/mol. The summed E-state index contributed by atoms with van der Waals surface area (Å²) in [7, 11) is 0. The van der Waals surface area contributed by atoms with Crippen LogP contribution in [0.3, 0.4) is 0 Å². The minimum atomic E-state index is 0.426. The first kappa shape index (κ1) is 16.3. The number of halogens is 2. The second-order valence-electron chi connectivity index (χ2n) is 6.89. The fraction of sp³-hybridized carbons (Fsp3) is 0.400. The minimum absolute atomic E-state index is 0.426. The smallest absolute Gasteiger partial charge is 0.0457 e. The third-order valence-electron chi connectivity index (χ3n) is 5.20. The zero-order chi connectivity index (χ0) is 16.5. The van der Waals surface area contributed by atoms with Crippen molar-refractivity contribution >= 4 is 28.9 Å². The molecule has 0 unspecified atom stereocenters. The lowest BCUT2D eigenvalue weighted by atomic mass is 9.90. The molecular formula is C20H22Cl2N2. The summed E-state index contributed by atoms with van der Waals surface area (Å²) in [5.74, 6) is 0.426. The van der Waals surface area contributed by atoms with Crippen molar-refractivity contribution in [2.24, 2.45) is 0 Å². The van der Waals surface area contributed by atoms with E-state index >= 15 is 0 Å². The average Bonchev–Trinajstić information content (AvgIpc) is 3.03. The van der Waals surface area contributed by atoms with Gasteiger partial charge in [0.05, 0.1) is 0 Å². The van der Waals surface area contributed by atoms with E-state index in [1.165, 1.54) is 37.2 Å². The van der Waals surface area contributed by atoms with Crippen molar-refractivity contribution in [3.8, 4) is 0 Å². The van der Waals surface area contributed by atoms with Crippen LogP contribution in [0.25, 0.3) is 0 Å². The number of nitrogens with zero attached hydrogens (tertiary/aromatic N) is 2. The third-order valence-corrected chi connectivity index (χ3v) is 5.86. The maximum atomic E-state index is 6.32. The van der Waals surface area contributed by atoms with E-state index < -0.39 is 0 Å². The Labute approximate surface area is 154 Å². The summed E-state index contributed by atoms with van der Waals surface area (Å²) in [6.07, 6.45) is 2.69. The molecule has 0 spiro atoms. The van der Waals surface area contributed by atoms with Gasteiger partial charge in [-0.1, -0.05) is 41.4 Å². The molecule has 2 saturated heterocycles. The van der Waals surface area contributed by atoms with E-state index in [1.807, 2.05) is 18.2 Å². The maximum Gasteiger partial charge on any atom is 0.0457 e. The van der Waals surface area contributed by atoms with Gasteiger partial charge in [-0.05, 0) is 61.3 Å². The lowest BCUT2D eigenvalue weighted by Gasteiger charge is -2.42. The molecule has 2 nitrogen and oxygen atoms in total. The van der Waals surface area contributed by atoms with E-state index in [0.29, 0.717) is 5.92 Å². The molecule has 0 saturated carbocycles. The number of likely N-dealkylation sites (tertiary alicyclic amines) is 1. The van der Waals surface area contributed by atoms with Crippen molar-refractivity contribution < 1.29 is 0 Å². The number of benzene rings is 2. The van der Waals surface area contributed by atoms with Crippen molar-refractivity contribution in [3.63, 3.8) is 0 Å². The predicted octanol–water partition coefficient (Wildman–Crippen LogP) is 5.19. The summed E-state index contributed by atoms with van der Waals surface area (Å²) in [6.45, 7) is 5.53. The average molecular weight is 361 g/mol. The van der Waals surface area contributed by atoms with Crippen LogP contribution in [0.2, 0.25) is 10.0 Å². The molecule has 0 aliphatic carbocycles. The SMILES string of the molecule is Clc1cccc(Cl)c1C1CN(c2ccc(CN3CCCC3)cc2)C1. The molecule has 2 aliphatic heterocycles. The van der Waals surface area contributed by atoms with Gasteiger partial charge in [0, 0.05) is 41.3 Å². The molecule has 0 radical (unpaired) electrons. The van der Waals surface area contributed by atoms with Crippen LogP contribution < -0.4 is 4.90 Å². The highest BCUT2D eigenvalue weighted by Crippen LogP contribution is 2.38. The van der Waals surface area contributed by atoms with Gasteiger partial charge in [-0.25, -0.2) is 0 Å². The Morgan fingerprint density at radius 3 is 2.12 bits per heavy atom. The molecule has 126 valence electrons. The highest BCUT2D eigenvalue weighted by atomic mass is 35.5. The van der Waals surface area contributed by atoms with Gasteiger partial charge in [0.25, 0.3) is 0 Å². The molecule has 4 heteroatoms. The molecule has 4 rings (SSSR count). The Morgan fingerprint density at radius 2 is 1.50 bits per heavy atom. The highest BCUT2D eigenvalue weighted by molar-refractivity contribution is 6.36. The number of hydrogen-bond donors (Lipinski definition) is 0. The second-order valence-corrected chi connectivity index (χ2v) is 7.70. The van der Waals surface area contributed by atoms with Crippen molar-refractivity contribution in [1.29, 1.82) is 0 Å². The molecule has 0 aromatic heterocycles. The number of hydrogen-bond acceptors (Lipinski definition) is 2. The number of rotatable bonds is 4. The Hall–Kier alpha value is -1.22. The molecule has 2 aliphatic rings. The molecule has 2 aromatic carbocycles. The van der Waals surface area contributed by atoms with Crippen LogP contribution in [-0.2, 0) is 6.54 Å². The van der Waals surface area contributed by atoms with Gasteiger partial charge in [0.1, 0.15) is 0 Å². The van der Waals surface area contributed by atoms with Crippen LogP contribution in [0.5, 0.6) is 0 Å². The molecule has 2 aromatic rings. The van der Waals surface area contributed by atoms with Gasteiger partial charge >= 0.3 is 0 Å². The maximum absolute atomic E-state index is 6.32. The lowest BCUT2D eigenvalue weighted by molar-refractivity contribution is 0.331. The quantitative estimate of drug-likeness (QED) is 0.739. The summed E-state index contributed by atoms with van der Waals surface area (Å²) in [5, 5.41) is 1.57. The highest BCUT2D eigenvalue weighted by Gasteiger charge is 2.31. The van der Waals surface area contributed by atoms with Crippen molar-refractivity contribution in [2.75, 3.05) is 31.1 Å². The van der Waals surface area contributed by atoms with Gasteiger partial charge in [-0.15, -0.1) is 0 Å². The summed E-state index contributed by atoms with van der Waals surface area (Å²) in [4.78, 5) is 4.93. The van der Waals surface area contributed by atoms with Gasteiger partial charge in [-0.3, -0.25) is 4.90 Å². The summed E-state index contributed by atoms with van der Waals surface area (Å²) < 4.78 is 0. The minimum Gasteiger partial charge on any atom is -0.370 e. The Kier molecular flexibility index (Phi) is 4.71. The topological polar surface area (TPSA) is 6.48 Å². The first-order valence-corrected chi connectivity index (χ1v) is 9.46. The van der Waals surface area contributed by atoms with Gasteiger partial charge in [-0.2, -0.15) is 0 Å². The van der Waals surface area contributed by atoms with E-state index in [9.17, 15) is 0 Å². The largest absolute Gasteiger partial charge is 0.370 e. The standard InChI is InChI=1S/C20H22Cl2N2/c21-18-4-3-5-19(22)20(18)16-13-24(14-16)17-8-6-15(7-9-17)12-23-10-1-2-11-23/h3-9,16H,1-2,10-14H2. The zero-order valence-electron chi connectivity index (χ0n) is 13.7. The molecule has 0 N–H and O–H groups in total. The third kappa shape index (κ3) is 3.28. The van der Waals surface area contributed by atoms with E-state index in [2.05, 4.69) is 34.1 Å². The van der Waals surface area contributed by atoms with E-state index in [0.717, 1.165) is 35.2 Å². The Morgan fingerprint density at radius 1 is 0.875 bits per heavy atom. The summed E-state index contributed by atoms with van der Waals surface area (Å²) in [5.41, 5.74) is 3.80. The van der Waals surface area contributed by atoms with E-state index in [-0.39, 0.29) is 0 Å². The van der Waals surface area contributed by atoms with Crippen molar-refractivity contribution in [2.45, 2.75) is 25.3 Å². The fourth-order valence-electron chi connectivity index (χ4n) is 3.78. The second kappa shape index (κ2) is 6.95. The fourth-order valence-corrected chi connectivity index (χ4v) is 4.49. The van der Waals surface area contributed by atoms with Crippen LogP contribution in [0.1, 0.15) is 29.9 Å². The van der Waals surface area contributed by atoms with Gasteiger partial charge in [0.2, 0.25) is 0 Å². The van der Waals surface area contributed by atoms with Crippen molar-refractivity contribution in [3.05, 3.63) is 63.6 Å². The molecule has 2 fully saturated rings. The normalized spacial score (nSPS) is 18.8. The van der Waals surface area contributed by atoms with Gasteiger partial charge < -0.3 is 4.90 Å². The van der Waals surface area contributed by atoms with Crippen LogP contribution in [0.15, 0.2) is 42.5 Å².